The van der Waals surface area contributed by atoms with Crippen LogP contribution in [0.5, 0.6) is 0 Å². The van der Waals surface area contributed by atoms with Crippen molar-refractivity contribution in [2.75, 3.05) is 18.1 Å². The first-order valence-electron chi connectivity index (χ1n) is 6.72. The Morgan fingerprint density at radius 1 is 1.52 bits per heavy atom. The summed E-state index contributed by atoms with van der Waals surface area (Å²) in [6.07, 6.45) is 0.858. The molecule has 7 heteroatoms. The van der Waals surface area contributed by atoms with Gasteiger partial charge in [-0.15, -0.1) is 11.3 Å². The zero-order valence-corrected chi connectivity index (χ0v) is 13.2. The van der Waals surface area contributed by atoms with E-state index in [4.69, 9.17) is 5.73 Å². The highest BCUT2D eigenvalue weighted by molar-refractivity contribution is 7.91. The molecule has 0 bridgehead atoms. The summed E-state index contributed by atoms with van der Waals surface area (Å²) < 4.78 is 22.7. The van der Waals surface area contributed by atoms with Crippen LogP contribution in [0.4, 0.5) is 0 Å². The van der Waals surface area contributed by atoms with E-state index in [0.717, 1.165) is 10.4 Å². The van der Waals surface area contributed by atoms with Gasteiger partial charge < -0.3 is 11.1 Å². The summed E-state index contributed by atoms with van der Waals surface area (Å²) in [7, 11) is -2.92. The van der Waals surface area contributed by atoms with Crippen LogP contribution in [0.15, 0.2) is 11.4 Å². The lowest BCUT2D eigenvalue weighted by molar-refractivity contribution is -0.122. The minimum atomic E-state index is -2.92. The molecule has 3 N–H and O–H groups in total. The SMILES string of the molecule is NCC#Cc1ccsc1CNC(=O)CC1CCS(=O)(=O)C1. The highest BCUT2D eigenvalue weighted by atomic mass is 32.2. The summed E-state index contributed by atoms with van der Waals surface area (Å²) in [6, 6.07) is 1.90. The molecule has 0 spiro atoms. The Kier molecular flexibility index (Phi) is 5.39. The summed E-state index contributed by atoms with van der Waals surface area (Å²) in [5, 5.41) is 4.76. The Morgan fingerprint density at radius 3 is 3.00 bits per heavy atom. The lowest BCUT2D eigenvalue weighted by atomic mass is 10.1. The first kappa shape index (κ1) is 16.0. The first-order chi connectivity index (χ1) is 10.00. The number of carbonyl (C=O) groups is 1. The number of hydrogen-bond donors (Lipinski definition) is 2. The van der Waals surface area contributed by atoms with Gasteiger partial charge in [0, 0.05) is 16.9 Å². The average Bonchev–Trinajstić information content (AvgIpc) is 3.00. The summed E-state index contributed by atoms with van der Waals surface area (Å²) >= 11 is 1.53. The Bertz CT molecular complexity index is 668. The fourth-order valence-corrected chi connectivity index (χ4v) is 4.91. The maximum atomic E-state index is 11.9. The van der Waals surface area contributed by atoms with Gasteiger partial charge in [-0.2, -0.15) is 0 Å². The molecule has 2 rings (SSSR count). The molecule has 1 atom stereocenters. The number of nitrogens with one attached hydrogen (secondary N) is 1. The minimum Gasteiger partial charge on any atom is -0.351 e. The van der Waals surface area contributed by atoms with Crippen LogP contribution in [0.2, 0.25) is 0 Å². The number of amides is 1. The molecule has 1 unspecified atom stereocenters. The topological polar surface area (TPSA) is 89.3 Å². The monoisotopic (exact) mass is 326 g/mol. The van der Waals surface area contributed by atoms with Gasteiger partial charge in [0.1, 0.15) is 0 Å². The van der Waals surface area contributed by atoms with Crippen molar-refractivity contribution in [3.8, 4) is 11.8 Å². The highest BCUT2D eigenvalue weighted by Crippen LogP contribution is 2.21. The van der Waals surface area contributed by atoms with Crippen molar-refractivity contribution in [2.24, 2.45) is 11.7 Å². The van der Waals surface area contributed by atoms with Crippen LogP contribution in [0.3, 0.4) is 0 Å². The third-order valence-corrected chi connectivity index (χ3v) is 6.08. The number of nitrogens with two attached hydrogens (primary N) is 1. The van der Waals surface area contributed by atoms with Crippen molar-refractivity contribution in [3.63, 3.8) is 0 Å². The van der Waals surface area contributed by atoms with Gasteiger partial charge in [0.05, 0.1) is 24.6 Å². The molecule has 0 saturated carbocycles. The average molecular weight is 326 g/mol. The Morgan fingerprint density at radius 2 is 2.33 bits per heavy atom. The van der Waals surface area contributed by atoms with E-state index in [1.165, 1.54) is 11.3 Å². The van der Waals surface area contributed by atoms with Gasteiger partial charge >= 0.3 is 0 Å². The highest BCUT2D eigenvalue weighted by Gasteiger charge is 2.29. The molecular formula is C14H18N2O3S2. The van der Waals surface area contributed by atoms with Crippen LogP contribution in [0.25, 0.3) is 0 Å². The van der Waals surface area contributed by atoms with Gasteiger partial charge in [0.25, 0.3) is 0 Å². The second-order valence-electron chi connectivity index (χ2n) is 5.01. The molecule has 2 heterocycles. The van der Waals surface area contributed by atoms with Crippen molar-refractivity contribution in [1.29, 1.82) is 0 Å². The van der Waals surface area contributed by atoms with Crippen LogP contribution in [0.1, 0.15) is 23.3 Å². The lowest BCUT2D eigenvalue weighted by Gasteiger charge is -2.08. The van der Waals surface area contributed by atoms with Gasteiger partial charge in [-0.3, -0.25) is 4.79 Å². The molecule has 21 heavy (non-hydrogen) atoms. The molecule has 114 valence electrons. The molecule has 0 radical (unpaired) electrons. The van der Waals surface area contributed by atoms with Crippen molar-refractivity contribution >= 4 is 27.1 Å². The van der Waals surface area contributed by atoms with E-state index in [1.54, 1.807) is 0 Å². The maximum Gasteiger partial charge on any atom is 0.220 e. The van der Waals surface area contributed by atoms with E-state index in [-0.39, 0.29) is 29.8 Å². The molecule has 1 saturated heterocycles. The molecule has 1 aliphatic heterocycles. The fourth-order valence-electron chi connectivity index (χ4n) is 2.28. The number of thiophene rings is 1. The van der Waals surface area contributed by atoms with Crippen molar-refractivity contribution in [3.05, 3.63) is 21.9 Å². The molecule has 0 aromatic carbocycles. The van der Waals surface area contributed by atoms with Crippen molar-refractivity contribution < 1.29 is 13.2 Å². The second kappa shape index (κ2) is 7.07. The number of hydrogen-bond acceptors (Lipinski definition) is 5. The molecular weight excluding hydrogens is 308 g/mol. The fraction of sp³-hybridized carbons (Fsp3) is 0.500. The molecule has 1 aliphatic rings. The summed E-state index contributed by atoms with van der Waals surface area (Å²) in [5.74, 6) is 5.94. The van der Waals surface area contributed by atoms with E-state index < -0.39 is 9.84 Å². The van der Waals surface area contributed by atoms with Crippen LogP contribution in [-0.2, 0) is 21.2 Å². The zero-order valence-electron chi connectivity index (χ0n) is 11.6. The van der Waals surface area contributed by atoms with Crippen LogP contribution >= 0.6 is 11.3 Å². The van der Waals surface area contributed by atoms with Crippen LogP contribution in [0, 0.1) is 17.8 Å². The molecule has 1 fully saturated rings. The Labute approximate surface area is 128 Å². The van der Waals surface area contributed by atoms with Crippen LogP contribution < -0.4 is 11.1 Å². The Balaban J connectivity index is 1.83. The van der Waals surface area contributed by atoms with E-state index in [0.29, 0.717) is 19.5 Å². The standard InChI is InChI=1S/C14H18N2O3S2/c15-5-1-2-12-3-6-20-13(12)9-16-14(17)8-11-4-7-21(18,19)10-11/h3,6,11H,4-5,7-10,15H2,(H,16,17). The minimum absolute atomic E-state index is 0.0464. The predicted octanol–water partition coefficient (Wildman–Crippen LogP) is 0.499. The summed E-state index contributed by atoms with van der Waals surface area (Å²) in [4.78, 5) is 12.9. The van der Waals surface area contributed by atoms with Gasteiger partial charge in [0.2, 0.25) is 5.91 Å². The smallest absolute Gasteiger partial charge is 0.220 e. The molecule has 5 nitrogen and oxygen atoms in total. The van der Waals surface area contributed by atoms with Crippen LogP contribution in [-0.4, -0.2) is 32.4 Å². The summed E-state index contributed by atoms with van der Waals surface area (Å²) in [5.41, 5.74) is 6.23. The van der Waals surface area contributed by atoms with Crippen molar-refractivity contribution in [2.45, 2.75) is 19.4 Å². The van der Waals surface area contributed by atoms with E-state index in [2.05, 4.69) is 17.2 Å². The van der Waals surface area contributed by atoms with E-state index >= 15 is 0 Å². The molecule has 0 aliphatic carbocycles. The third-order valence-electron chi connectivity index (χ3n) is 3.32. The first-order valence-corrected chi connectivity index (χ1v) is 9.42. The van der Waals surface area contributed by atoms with E-state index in [1.807, 2.05) is 11.4 Å². The molecule has 1 aromatic rings. The predicted molar refractivity (Wildman–Crippen MR) is 83.5 cm³/mol. The normalized spacial score (nSPS) is 19.8. The number of rotatable bonds is 4. The van der Waals surface area contributed by atoms with E-state index in [9.17, 15) is 13.2 Å². The summed E-state index contributed by atoms with van der Waals surface area (Å²) in [6.45, 7) is 0.725. The Hall–Kier alpha value is -1.36. The largest absolute Gasteiger partial charge is 0.351 e. The van der Waals surface area contributed by atoms with Gasteiger partial charge in [-0.25, -0.2) is 8.42 Å². The molecule has 1 amide bonds. The lowest BCUT2D eigenvalue weighted by Crippen LogP contribution is -2.25. The third kappa shape index (κ3) is 4.84. The van der Waals surface area contributed by atoms with Gasteiger partial charge in [-0.05, 0) is 23.8 Å². The number of sulfone groups is 1. The second-order valence-corrected chi connectivity index (χ2v) is 8.24. The van der Waals surface area contributed by atoms with Gasteiger partial charge in [0.15, 0.2) is 9.84 Å². The molecule has 1 aromatic heterocycles. The maximum absolute atomic E-state index is 11.9. The number of carbonyl (C=O) groups excluding carboxylic acids is 1. The quantitative estimate of drug-likeness (QED) is 0.789. The zero-order chi connectivity index (χ0) is 15.3. The van der Waals surface area contributed by atoms with Gasteiger partial charge in [-0.1, -0.05) is 11.8 Å². The van der Waals surface area contributed by atoms with Crippen molar-refractivity contribution in [1.82, 2.24) is 5.32 Å².